The lowest BCUT2D eigenvalue weighted by molar-refractivity contribution is -0.146. The van der Waals surface area contributed by atoms with Crippen molar-refractivity contribution in [2.45, 2.75) is 136 Å². The molecule has 0 atom stereocenters. The van der Waals surface area contributed by atoms with E-state index in [4.69, 9.17) is 14.2 Å². The first-order chi connectivity index (χ1) is 15.7. The maximum absolute atomic E-state index is 11.7. The minimum absolute atomic E-state index is 0.143. The summed E-state index contributed by atoms with van der Waals surface area (Å²) >= 11 is 0. The number of unbranched alkanes of at least 4 members (excludes halogenated alkanes) is 15. The molecule has 0 saturated heterocycles. The third-order valence-electron chi connectivity index (χ3n) is 5.70. The Balaban J connectivity index is 3.23. The summed E-state index contributed by atoms with van der Waals surface area (Å²) in [4.78, 5) is 23.2. The molecule has 0 bridgehead atoms. The second-order valence-corrected chi connectivity index (χ2v) is 8.86. The molecule has 0 aromatic heterocycles. The smallest absolute Gasteiger partial charge is 0.305 e. The van der Waals surface area contributed by atoms with Gasteiger partial charge in [-0.1, -0.05) is 110 Å². The van der Waals surface area contributed by atoms with E-state index >= 15 is 0 Å². The van der Waals surface area contributed by atoms with E-state index in [-0.39, 0.29) is 25.2 Å². The summed E-state index contributed by atoms with van der Waals surface area (Å²) in [5, 5.41) is 0. The summed E-state index contributed by atoms with van der Waals surface area (Å²) in [6.45, 7) is 5.63. The van der Waals surface area contributed by atoms with Gasteiger partial charge in [-0.2, -0.15) is 0 Å². The Morgan fingerprint density at radius 3 is 1.12 bits per heavy atom. The molecule has 0 spiro atoms. The van der Waals surface area contributed by atoms with Crippen LogP contribution in [0.1, 0.15) is 136 Å². The highest BCUT2D eigenvalue weighted by molar-refractivity contribution is 5.69. The van der Waals surface area contributed by atoms with Crippen LogP contribution < -0.4 is 0 Å². The van der Waals surface area contributed by atoms with Gasteiger partial charge in [-0.25, -0.2) is 0 Å². The van der Waals surface area contributed by atoms with Gasteiger partial charge in [0.15, 0.2) is 0 Å². The SMILES string of the molecule is CCCCCCCCCCCCCCCC(=O)OCCOCCOC(=O)CCCCCC. The van der Waals surface area contributed by atoms with Crippen LogP contribution in [0, 0.1) is 0 Å². The monoisotopic (exact) mass is 456 g/mol. The molecular formula is C27H52O5. The molecule has 0 aliphatic heterocycles. The van der Waals surface area contributed by atoms with E-state index in [0.29, 0.717) is 26.1 Å². The van der Waals surface area contributed by atoms with Crippen LogP contribution in [0.3, 0.4) is 0 Å². The minimum atomic E-state index is -0.158. The average molecular weight is 457 g/mol. The number of hydrogen-bond acceptors (Lipinski definition) is 5. The van der Waals surface area contributed by atoms with Crippen molar-refractivity contribution in [1.29, 1.82) is 0 Å². The van der Waals surface area contributed by atoms with Crippen LogP contribution in [-0.2, 0) is 23.8 Å². The number of carbonyl (C=O) groups excluding carboxylic acids is 2. The Morgan fingerprint density at radius 1 is 0.438 bits per heavy atom. The van der Waals surface area contributed by atoms with Gasteiger partial charge in [0.1, 0.15) is 13.2 Å². The van der Waals surface area contributed by atoms with E-state index in [2.05, 4.69) is 13.8 Å². The van der Waals surface area contributed by atoms with Crippen LogP contribution >= 0.6 is 0 Å². The first kappa shape index (κ1) is 30.9. The van der Waals surface area contributed by atoms with E-state index in [1.807, 2.05) is 0 Å². The number of ether oxygens (including phenoxy) is 3. The molecule has 5 nitrogen and oxygen atoms in total. The van der Waals surface area contributed by atoms with Crippen molar-refractivity contribution >= 4 is 11.9 Å². The standard InChI is InChI=1S/C27H52O5/c1-3-5-7-9-10-11-12-13-14-15-16-17-19-21-27(29)32-25-23-30-22-24-31-26(28)20-18-8-6-4-2/h3-25H2,1-2H3. The summed E-state index contributed by atoms with van der Waals surface area (Å²) < 4.78 is 15.6. The van der Waals surface area contributed by atoms with Crippen LogP contribution in [0.5, 0.6) is 0 Å². The van der Waals surface area contributed by atoms with E-state index in [0.717, 1.165) is 38.5 Å². The molecule has 0 N–H and O–H groups in total. The minimum Gasteiger partial charge on any atom is -0.463 e. The zero-order valence-corrected chi connectivity index (χ0v) is 21.3. The molecule has 5 heteroatoms. The van der Waals surface area contributed by atoms with Crippen LogP contribution in [0.25, 0.3) is 0 Å². The summed E-state index contributed by atoms with van der Waals surface area (Å²) in [5.41, 5.74) is 0. The normalized spacial score (nSPS) is 10.9. The van der Waals surface area contributed by atoms with Crippen molar-refractivity contribution < 1.29 is 23.8 Å². The van der Waals surface area contributed by atoms with Gasteiger partial charge >= 0.3 is 11.9 Å². The molecule has 0 radical (unpaired) electrons. The maximum Gasteiger partial charge on any atom is 0.305 e. The quantitative estimate of drug-likeness (QED) is 0.105. The van der Waals surface area contributed by atoms with Crippen molar-refractivity contribution in [3.8, 4) is 0 Å². The van der Waals surface area contributed by atoms with Crippen molar-refractivity contribution in [2.75, 3.05) is 26.4 Å². The summed E-state index contributed by atoms with van der Waals surface area (Å²) in [7, 11) is 0. The molecule has 0 aromatic carbocycles. The second-order valence-electron chi connectivity index (χ2n) is 8.86. The summed E-state index contributed by atoms with van der Waals surface area (Å²) in [6, 6.07) is 0. The zero-order chi connectivity index (χ0) is 23.5. The molecule has 0 aromatic rings. The number of carbonyl (C=O) groups is 2. The third kappa shape index (κ3) is 25.2. The lowest BCUT2D eigenvalue weighted by Gasteiger charge is -2.07. The maximum atomic E-state index is 11.7. The van der Waals surface area contributed by atoms with Gasteiger partial charge in [0.05, 0.1) is 13.2 Å². The highest BCUT2D eigenvalue weighted by atomic mass is 16.6. The van der Waals surface area contributed by atoms with Gasteiger partial charge in [0.25, 0.3) is 0 Å². The summed E-state index contributed by atoms with van der Waals surface area (Å²) in [6.07, 6.45) is 22.1. The van der Waals surface area contributed by atoms with Crippen LogP contribution in [0.4, 0.5) is 0 Å². The highest BCUT2D eigenvalue weighted by Gasteiger charge is 2.04. The average Bonchev–Trinajstić information content (AvgIpc) is 2.79. The lowest BCUT2D eigenvalue weighted by atomic mass is 10.0. The molecule has 0 aliphatic carbocycles. The van der Waals surface area contributed by atoms with E-state index in [1.165, 1.54) is 70.6 Å². The molecule has 32 heavy (non-hydrogen) atoms. The van der Waals surface area contributed by atoms with Gasteiger partial charge in [0, 0.05) is 12.8 Å². The molecule has 190 valence electrons. The van der Waals surface area contributed by atoms with Crippen molar-refractivity contribution in [3.63, 3.8) is 0 Å². The van der Waals surface area contributed by atoms with Gasteiger partial charge in [-0.15, -0.1) is 0 Å². The molecule has 0 fully saturated rings. The highest BCUT2D eigenvalue weighted by Crippen LogP contribution is 2.13. The van der Waals surface area contributed by atoms with Crippen LogP contribution in [0.15, 0.2) is 0 Å². The Labute approximate surface area is 198 Å². The van der Waals surface area contributed by atoms with E-state index in [9.17, 15) is 9.59 Å². The fourth-order valence-corrected chi connectivity index (χ4v) is 3.66. The Hall–Kier alpha value is -1.10. The predicted octanol–water partition coefficient (Wildman–Crippen LogP) is 7.54. The molecule has 0 amide bonds. The topological polar surface area (TPSA) is 61.8 Å². The Bertz CT molecular complexity index is 411. The second kappa shape index (κ2) is 26.2. The molecule has 0 heterocycles. The van der Waals surface area contributed by atoms with Crippen molar-refractivity contribution in [1.82, 2.24) is 0 Å². The van der Waals surface area contributed by atoms with Crippen LogP contribution in [0.2, 0.25) is 0 Å². The van der Waals surface area contributed by atoms with Gasteiger partial charge in [-0.05, 0) is 12.8 Å². The fraction of sp³-hybridized carbons (Fsp3) is 0.926. The molecular weight excluding hydrogens is 404 g/mol. The Kier molecular flexibility index (Phi) is 25.3. The fourth-order valence-electron chi connectivity index (χ4n) is 3.66. The predicted molar refractivity (Wildman–Crippen MR) is 132 cm³/mol. The first-order valence-electron chi connectivity index (χ1n) is 13.6. The molecule has 0 unspecified atom stereocenters. The van der Waals surface area contributed by atoms with E-state index < -0.39 is 0 Å². The molecule has 0 aliphatic rings. The Morgan fingerprint density at radius 2 is 0.750 bits per heavy atom. The number of esters is 2. The third-order valence-corrected chi connectivity index (χ3v) is 5.70. The summed E-state index contributed by atoms with van der Waals surface area (Å²) in [5.74, 6) is -0.302. The number of hydrogen-bond donors (Lipinski definition) is 0. The van der Waals surface area contributed by atoms with Crippen molar-refractivity contribution in [3.05, 3.63) is 0 Å². The van der Waals surface area contributed by atoms with Crippen molar-refractivity contribution in [2.24, 2.45) is 0 Å². The molecule has 0 rings (SSSR count). The lowest BCUT2D eigenvalue weighted by Crippen LogP contribution is -2.14. The number of rotatable bonds is 25. The van der Waals surface area contributed by atoms with Crippen LogP contribution in [-0.4, -0.2) is 38.4 Å². The van der Waals surface area contributed by atoms with E-state index in [1.54, 1.807) is 0 Å². The molecule has 0 saturated carbocycles. The van der Waals surface area contributed by atoms with Gasteiger partial charge < -0.3 is 14.2 Å². The van der Waals surface area contributed by atoms with Gasteiger partial charge in [0.2, 0.25) is 0 Å². The zero-order valence-electron chi connectivity index (χ0n) is 21.3. The first-order valence-corrected chi connectivity index (χ1v) is 13.6. The van der Waals surface area contributed by atoms with Gasteiger partial charge in [-0.3, -0.25) is 9.59 Å². The largest absolute Gasteiger partial charge is 0.463 e.